The van der Waals surface area contributed by atoms with Gasteiger partial charge in [0.15, 0.2) is 5.58 Å². The largest absolute Gasteiger partial charge is 0.436 e. The first kappa shape index (κ1) is 11.7. The van der Waals surface area contributed by atoms with Crippen molar-refractivity contribution in [2.24, 2.45) is 0 Å². The lowest BCUT2D eigenvalue weighted by atomic mass is 10.1. The standard InChI is InChI=1S/C15H13FN2O/c1-2-9-6-7-13-12(8-9)18-15(19-13)14-10(16)4-3-5-11(14)17/h3-8H,2,17H2,1H3. The van der Waals surface area contributed by atoms with Crippen molar-refractivity contribution in [2.45, 2.75) is 13.3 Å². The molecule has 0 aliphatic carbocycles. The number of oxazole rings is 1. The predicted octanol–water partition coefficient (Wildman–Crippen LogP) is 3.78. The number of hydrogen-bond acceptors (Lipinski definition) is 3. The molecule has 0 aliphatic rings. The third-order valence-electron chi connectivity index (χ3n) is 3.12. The number of aryl methyl sites for hydroxylation is 1. The number of aromatic nitrogens is 1. The van der Waals surface area contributed by atoms with Crippen molar-refractivity contribution in [1.82, 2.24) is 4.98 Å². The molecule has 0 bridgehead atoms. The molecule has 2 N–H and O–H groups in total. The summed E-state index contributed by atoms with van der Waals surface area (Å²) in [5.74, 6) is -0.207. The summed E-state index contributed by atoms with van der Waals surface area (Å²) >= 11 is 0. The molecule has 96 valence electrons. The molecule has 1 heterocycles. The average molecular weight is 256 g/mol. The highest BCUT2D eigenvalue weighted by molar-refractivity contribution is 5.80. The number of nitrogen functional groups attached to an aromatic ring is 1. The minimum absolute atomic E-state index is 0.219. The van der Waals surface area contributed by atoms with E-state index in [1.54, 1.807) is 12.1 Å². The van der Waals surface area contributed by atoms with Crippen LogP contribution in [0.1, 0.15) is 12.5 Å². The molecule has 0 radical (unpaired) electrons. The maximum Gasteiger partial charge on any atom is 0.232 e. The first-order valence-corrected chi connectivity index (χ1v) is 6.13. The van der Waals surface area contributed by atoms with Gasteiger partial charge in [-0.05, 0) is 36.2 Å². The molecule has 3 rings (SSSR count). The second-order valence-electron chi connectivity index (χ2n) is 4.38. The molecular weight excluding hydrogens is 243 g/mol. The zero-order valence-corrected chi connectivity index (χ0v) is 10.5. The fourth-order valence-corrected chi connectivity index (χ4v) is 2.07. The van der Waals surface area contributed by atoms with Gasteiger partial charge in [0.1, 0.15) is 11.3 Å². The number of fused-ring (bicyclic) bond motifs is 1. The molecule has 0 aliphatic heterocycles. The van der Waals surface area contributed by atoms with Crippen molar-refractivity contribution in [3.8, 4) is 11.5 Å². The van der Waals surface area contributed by atoms with Crippen LogP contribution in [0.15, 0.2) is 40.8 Å². The number of rotatable bonds is 2. The molecule has 19 heavy (non-hydrogen) atoms. The first-order valence-electron chi connectivity index (χ1n) is 6.13. The van der Waals surface area contributed by atoms with Crippen molar-refractivity contribution >= 4 is 16.8 Å². The number of halogens is 1. The van der Waals surface area contributed by atoms with E-state index in [0.29, 0.717) is 11.3 Å². The lowest BCUT2D eigenvalue weighted by Crippen LogP contribution is -1.93. The fraction of sp³-hybridized carbons (Fsp3) is 0.133. The average Bonchev–Trinajstić information content (AvgIpc) is 2.80. The predicted molar refractivity (Wildman–Crippen MR) is 73.2 cm³/mol. The van der Waals surface area contributed by atoms with Gasteiger partial charge >= 0.3 is 0 Å². The highest BCUT2D eigenvalue weighted by atomic mass is 19.1. The van der Waals surface area contributed by atoms with Gasteiger partial charge in [0.2, 0.25) is 5.89 Å². The van der Waals surface area contributed by atoms with E-state index >= 15 is 0 Å². The van der Waals surface area contributed by atoms with E-state index in [1.165, 1.54) is 6.07 Å². The normalized spacial score (nSPS) is 11.1. The lowest BCUT2D eigenvalue weighted by molar-refractivity contribution is 0.594. The Balaban J connectivity index is 2.21. The summed E-state index contributed by atoms with van der Waals surface area (Å²) in [7, 11) is 0. The Bertz CT molecular complexity index is 729. The molecule has 0 atom stereocenters. The Morgan fingerprint density at radius 3 is 2.84 bits per heavy atom. The second kappa shape index (κ2) is 4.39. The van der Waals surface area contributed by atoms with E-state index in [9.17, 15) is 4.39 Å². The smallest absolute Gasteiger partial charge is 0.232 e. The van der Waals surface area contributed by atoms with Crippen LogP contribution in [0.5, 0.6) is 0 Å². The van der Waals surface area contributed by atoms with Gasteiger partial charge in [-0.25, -0.2) is 9.37 Å². The van der Waals surface area contributed by atoms with E-state index in [1.807, 2.05) is 18.2 Å². The molecular formula is C15H13FN2O. The summed E-state index contributed by atoms with van der Waals surface area (Å²) in [6.45, 7) is 2.07. The zero-order chi connectivity index (χ0) is 13.4. The van der Waals surface area contributed by atoms with Crippen molar-refractivity contribution in [3.63, 3.8) is 0 Å². The van der Waals surface area contributed by atoms with Crippen molar-refractivity contribution in [3.05, 3.63) is 47.8 Å². The highest BCUT2D eigenvalue weighted by Crippen LogP contribution is 2.31. The summed E-state index contributed by atoms with van der Waals surface area (Å²) in [5, 5.41) is 0. The Labute approximate surface area is 109 Å². The number of benzene rings is 2. The van der Waals surface area contributed by atoms with Crippen molar-refractivity contribution in [1.29, 1.82) is 0 Å². The topological polar surface area (TPSA) is 52.0 Å². The molecule has 0 saturated carbocycles. The lowest BCUT2D eigenvalue weighted by Gasteiger charge is -2.01. The summed E-state index contributed by atoms with van der Waals surface area (Å²) < 4.78 is 19.4. The minimum atomic E-state index is -0.428. The van der Waals surface area contributed by atoms with Crippen LogP contribution in [0.25, 0.3) is 22.6 Å². The van der Waals surface area contributed by atoms with Crippen LogP contribution in [-0.2, 0) is 6.42 Å². The Morgan fingerprint density at radius 2 is 2.11 bits per heavy atom. The van der Waals surface area contributed by atoms with Gasteiger partial charge in [-0.15, -0.1) is 0 Å². The van der Waals surface area contributed by atoms with Gasteiger partial charge in [0, 0.05) is 5.69 Å². The first-order chi connectivity index (χ1) is 9.19. The van der Waals surface area contributed by atoms with Crippen LogP contribution in [0.4, 0.5) is 10.1 Å². The molecule has 0 fully saturated rings. The van der Waals surface area contributed by atoms with Crippen LogP contribution >= 0.6 is 0 Å². The van der Waals surface area contributed by atoms with Crippen LogP contribution < -0.4 is 5.73 Å². The van der Waals surface area contributed by atoms with Gasteiger partial charge in [-0.1, -0.05) is 19.1 Å². The Kier molecular flexibility index (Phi) is 2.71. The van der Waals surface area contributed by atoms with E-state index in [4.69, 9.17) is 10.2 Å². The van der Waals surface area contributed by atoms with E-state index in [2.05, 4.69) is 11.9 Å². The molecule has 3 aromatic rings. The monoisotopic (exact) mass is 256 g/mol. The van der Waals surface area contributed by atoms with Gasteiger partial charge < -0.3 is 10.2 Å². The van der Waals surface area contributed by atoms with E-state index in [-0.39, 0.29) is 11.5 Å². The number of nitrogens with two attached hydrogens (primary N) is 1. The minimum Gasteiger partial charge on any atom is -0.436 e. The highest BCUT2D eigenvalue weighted by Gasteiger charge is 2.15. The fourth-order valence-electron chi connectivity index (χ4n) is 2.07. The van der Waals surface area contributed by atoms with Gasteiger partial charge in [-0.3, -0.25) is 0 Å². The molecule has 1 aromatic heterocycles. The summed E-state index contributed by atoms with van der Waals surface area (Å²) in [5.41, 5.74) is 8.85. The van der Waals surface area contributed by atoms with Gasteiger partial charge in [0.05, 0.1) is 5.56 Å². The van der Waals surface area contributed by atoms with Crippen LogP contribution in [0.3, 0.4) is 0 Å². The molecule has 3 nitrogen and oxygen atoms in total. The number of hydrogen-bond donors (Lipinski definition) is 1. The molecule has 0 amide bonds. The molecule has 4 heteroatoms. The molecule has 2 aromatic carbocycles. The summed E-state index contributed by atoms with van der Waals surface area (Å²) in [6, 6.07) is 10.3. The second-order valence-corrected chi connectivity index (χ2v) is 4.38. The molecule has 0 spiro atoms. The summed E-state index contributed by atoms with van der Waals surface area (Å²) in [4.78, 5) is 4.33. The van der Waals surface area contributed by atoms with Crippen LogP contribution in [0.2, 0.25) is 0 Å². The van der Waals surface area contributed by atoms with Crippen LogP contribution in [0, 0.1) is 5.82 Å². The van der Waals surface area contributed by atoms with Crippen molar-refractivity contribution in [2.75, 3.05) is 5.73 Å². The van der Waals surface area contributed by atoms with E-state index in [0.717, 1.165) is 17.5 Å². The number of anilines is 1. The molecule has 0 unspecified atom stereocenters. The third-order valence-corrected chi connectivity index (χ3v) is 3.12. The van der Waals surface area contributed by atoms with Gasteiger partial charge in [-0.2, -0.15) is 0 Å². The third kappa shape index (κ3) is 1.95. The number of nitrogens with zero attached hydrogens (tertiary/aromatic N) is 1. The zero-order valence-electron chi connectivity index (χ0n) is 10.5. The van der Waals surface area contributed by atoms with Gasteiger partial charge in [0.25, 0.3) is 0 Å². The Hall–Kier alpha value is -2.36. The SMILES string of the molecule is CCc1ccc2oc(-c3c(N)cccc3F)nc2c1. The molecule has 0 saturated heterocycles. The van der Waals surface area contributed by atoms with Crippen molar-refractivity contribution < 1.29 is 8.81 Å². The maximum absolute atomic E-state index is 13.8. The maximum atomic E-state index is 13.8. The van der Waals surface area contributed by atoms with E-state index < -0.39 is 5.82 Å². The summed E-state index contributed by atoms with van der Waals surface area (Å²) in [6.07, 6.45) is 0.917. The quantitative estimate of drug-likeness (QED) is 0.710. The Morgan fingerprint density at radius 1 is 1.26 bits per heavy atom. The van der Waals surface area contributed by atoms with Crippen LogP contribution in [-0.4, -0.2) is 4.98 Å².